The van der Waals surface area contributed by atoms with Crippen molar-refractivity contribution >= 4 is 37.3 Å². The van der Waals surface area contributed by atoms with Crippen molar-refractivity contribution < 1.29 is 8.42 Å². The van der Waals surface area contributed by atoms with Gasteiger partial charge in [0.15, 0.2) is 4.60 Å². The van der Waals surface area contributed by atoms with Crippen LogP contribution in [0.25, 0.3) is 0 Å². The van der Waals surface area contributed by atoms with Crippen LogP contribution in [0.15, 0.2) is 33.9 Å². The molecule has 0 saturated carbocycles. The van der Waals surface area contributed by atoms with Gasteiger partial charge in [0.1, 0.15) is 0 Å². The van der Waals surface area contributed by atoms with Crippen LogP contribution in [-0.4, -0.2) is 30.5 Å². The predicted molar refractivity (Wildman–Crippen MR) is 75.1 cm³/mol. The Balaban J connectivity index is 2.52. The van der Waals surface area contributed by atoms with Crippen molar-refractivity contribution in [3.63, 3.8) is 0 Å². The number of benzene rings is 1. The van der Waals surface area contributed by atoms with Crippen LogP contribution in [0.1, 0.15) is 0 Å². The minimum Gasteiger partial charge on any atom is -0.399 e. The van der Waals surface area contributed by atoms with E-state index in [0.717, 1.165) is 4.31 Å². The summed E-state index contributed by atoms with van der Waals surface area (Å²) < 4.78 is 27.5. The molecular weight excluding hydrogens is 334 g/mol. The second-order valence-corrected chi connectivity index (χ2v) is 6.51. The molecular formula is C10H12BrN5O2S. The first-order valence-corrected chi connectivity index (χ1v) is 7.47. The summed E-state index contributed by atoms with van der Waals surface area (Å²) in [7, 11) is -0.798. The van der Waals surface area contributed by atoms with E-state index in [1.807, 2.05) is 0 Å². The summed E-state index contributed by atoms with van der Waals surface area (Å²) in [5, 5.41) is 7.32. The van der Waals surface area contributed by atoms with Crippen LogP contribution < -0.4 is 10.0 Å². The maximum absolute atomic E-state index is 12.5. The number of anilines is 2. The largest absolute Gasteiger partial charge is 0.399 e. The number of hydrogen-bond acceptors (Lipinski definition) is 5. The van der Waals surface area contributed by atoms with E-state index in [1.165, 1.54) is 18.8 Å². The Hall–Kier alpha value is -1.61. The third-order valence-electron chi connectivity index (χ3n) is 2.58. The van der Waals surface area contributed by atoms with Gasteiger partial charge in [0.25, 0.3) is 10.0 Å². The van der Waals surface area contributed by atoms with Crippen LogP contribution in [0.3, 0.4) is 0 Å². The van der Waals surface area contributed by atoms with E-state index in [2.05, 4.69) is 26.2 Å². The zero-order valence-corrected chi connectivity index (χ0v) is 12.7. The molecule has 1 aromatic heterocycles. The lowest BCUT2D eigenvalue weighted by atomic mass is 10.3. The molecule has 2 rings (SSSR count). The summed E-state index contributed by atoms with van der Waals surface area (Å²) in [5.41, 5.74) is 6.61. The number of aryl methyl sites for hydroxylation is 1. The Labute approximate surface area is 119 Å². The van der Waals surface area contributed by atoms with Crippen LogP contribution >= 0.6 is 15.9 Å². The Bertz CT molecular complexity index is 693. The van der Waals surface area contributed by atoms with Crippen LogP contribution in [0.5, 0.6) is 0 Å². The minimum absolute atomic E-state index is 0.0163. The highest BCUT2D eigenvalue weighted by Crippen LogP contribution is 2.26. The second-order valence-electron chi connectivity index (χ2n) is 3.88. The fourth-order valence-corrected chi connectivity index (χ4v) is 3.80. The fraction of sp³-hybridized carbons (Fsp3) is 0.200. The fourth-order valence-electron chi connectivity index (χ4n) is 1.59. The molecule has 102 valence electrons. The highest BCUT2D eigenvalue weighted by atomic mass is 79.9. The number of nitrogens with two attached hydrogens (primary N) is 1. The zero-order valence-electron chi connectivity index (χ0n) is 10.3. The Morgan fingerprint density at radius 1 is 1.42 bits per heavy atom. The molecule has 7 nitrogen and oxygen atoms in total. The van der Waals surface area contributed by atoms with Crippen LogP contribution in [0, 0.1) is 0 Å². The van der Waals surface area contributed by atoms with Crippen molar-refractivity contribution in [2.24, 2.45) is 7.05 Å². The van der Waals surface area contributed by atoms with E-state index in [0.29, 0.717) is 11.4 Å². The van der Waals surface area contributed by atoms with Gasteiger partial charge in [-0.1, -0.05) is 11.3 Å². The van der Waals surface area contributed by atoms with E-state index in [4.69, 9.17) is 5.73 Å². The average Bonchev–Trinajstić information content (AvgIpc) is 2.68. The molecule has 0 saturated heterocycles. The molecule has 2 N–H and O–H groups in total. The molecule has 9 heteroatoms. The van der Waals surface area contributed by atoms with Gasteiger partial charge in [0.2, 0.25) is 5.03 Å². The molecule has 2 aromatic rings. The van der Waals surface area contributed by atoms with Gasteiger partial charge in [-0.15, -0.1) is 5.10 Å². The third kappa shape index (κ3) is 2.43. The summed E-state index contributed by atoms with van der Waals surface area (Å²) >= 11 is 3.08. The molecule has 19 heavy (non-hydrogen) atoms. The number of halogens is 1. The van der Waals surface area contributed by atoms with Crippen LogP contribution in [0.2, 0.25) is 0 Å². The van der Waals surface area contributed by atoms with Crippen LogP contribution in [-0.2, 0) is 17.1 Å². The normalized spacial score (nSPS) is 11.5. The molecule has 0 spiro atoms. The number of rotatable bonds is 3. The van der Waals surface area contributed by atoms with Gasteiger partial charge in [-0.05, 0) is 34.1 Å². The van der Waals surface area contributed by atoms with Crippen LogP contribution in [0.4, 0.5) is 11.4 Å². The number of hydrogen-bond donors (Lipinski definition) is 1. The minimum atomic E-state index is -3.76. The molecule has 0 aliphatic rings. The second kappa shape index (κ2) is 4.82. The third-order valence-corrected chi connectivity index (χ3v) is 5.25. The Morgan fingerprint density at radius 3 is 2.63 bits per heavy atom. The van der Waals surface area contributed by atoms with Crippen molar-refractivity contribution in [3.8, 4) is 0 Å². The summed E-state index contributed by atoms with van der Waals surface area (Å²) in [6, 6.07) is 6.61. The van der Waals surface area contributed by atoms with Gasteiger partial charge < -0.3 is 5.73 Å². The van der Waals surface area contributed by atoms with Crippen molar-refractivity contribution in [2.45, 2.75) is 5.03 Å². The first-order valence-electron chi connectivity index (χ1n) is 5.23. The molecule has 0 bridgehead atoms. The van der Waals surface area contributed by atoms with Gasteiger partial charge in [0.05, 0.1) is 5.69 Å². The molecule has 0 fully saturated rings. The topological polar surface area (TPSA) is 94.1 Å². The molecule has 0 unspecified atom stereocenters. The average molecular weight is 346 g/mol. The van der Waals surface area contributed by atoms with Gasteiger partial charge in [0, 0.05) is 19.8 Å². The smallest absolute Gasteiger partial charge is 0.284 e. The SMILES string of the molecule is CN(c1cccc(N)c1)S(=O)(=O)c1c(Br)nnn1C. The summed E-state index contributed by atoms with van der Waals surface area (Å²) in [4.78, 5) is 0. The van der Waals surface area contributed by atoms with Crippen molar-refractivity contribution in [2.75, 3.05) is 17.1 Å². The number of nitrogen functional groups attached to an aromatic ring is 1. The standard InChI is InChI=1S/C10H12BrN5O2S/c1-15-10(9(11)13-14-15)19(17,18)16(2)8-5-3-4-7(12)6-8/h3-6H,12H2,1-2H3. The van der Waals surface area contributed by atoms with Gasteiger partial charge in [-0.25, -0.2) is 4.68 Å². The van der Waals surface area contributed by atoms with Gasteiger partial charge in [-0.3, -0.25) is 4.31 Å². The highest BCUT2D eigenvalue weighted by Gasteiger charge is 2.28. The maximum atomic E-state index is 12.5. The lowest BCUT2D eigenvalue weighted by Crippen LogP contribution is -2.28. The van der Waals surface area contributed by atoms with E-state index >= 15 is 0 Å². The highest BCUT2D eigenvalue weighted by molar-refractivity contribution is 9.10. The quantitative estimate of drug-likeness (QED) is 0.837. The molecule has 1 aromatic carbocycles. The first kappa shape index (κ1) is 13.8. The zero-order chi connectivity index (χ0) is 14.2. The molecule has 1 heterocycles. The molecule has 0 amide bonds. The summed E-state index contributed by atoms with van der Waals surface area (Å²) in [5.74, 6) is 0. The molecule has 0 radical (unpaired) electrons. The lowest BCUT2D eigenvalue weighted by Gasteiger charge is -2.19. The Kier molecular flexibility index (Phi) is 3.50. The number of nitrogens with zero attached hydrogens (tertiary/aromatic N) is 4. The molecule has 0 atom stereocenters. The maximum Gasteiger partial charge on any atom is 0.284 e. The molecule has 0 aliphatic heterocycles. The van der Waals surface area contributed by atoms with E-state index < -0.39 is 10.0 Å². The summed E-state index contributed by atoms with van der Waals surface area (Å²) in [6.07, 6.45) is 0. The lowest BCUT2D eigenvalue weighted by molar-refractivity contribution is 0.572. The van der Waals surface area contributed by atoms with E-state index in [1.54, 1.807) is 24.3 Å². The van der Waals surface area contributed by atoms with Gasteiger partial charge >= 0.3 is 0 Å². The van der Waals surface area contributed by atoms with Crippen molar-refractivity contribution in [1.82, 2.24) is 15.0 Å². The monoisotopic (exact) mass is 345 g/mol. The van der Waals surface area contributed by atoms with E-state index in [9.17, 15) is 8.42 Å². The van der Waals surface area contributed by atoms with Crippen molar-refractivity contribution in [3.05, 3.63) is 28.9 Å². The Morgan fingerprint density at radius 2 is 2.11 bits per heavy atom. The predicted octanol–water partition coefficient (Wildman–Crippen LogP) is 0.985. The number of aromatic nitrogens is 3. The molecule has 0 aliphatic carbocycles. The first-order chi connectivity index (χ1) is 8.84. The van der Waals surface area contributed by atoms with Crippen molar-refractivity contribution in [1.29, 1.82) is 0 Å². The number of sulfonamides is 1. The summed E-state index contributed by atoms with van der Waals surface area (Å²) in [6.45, 7) is 0. The van der Waals surface area contributed by atoms with Gasteiger partial charge in [-0.2, -0.15) is 8.42 Å². The van der Waals surface area contributed by atoms with E-state index in [-0.39, 0.29) is 9.63 Å².